The number of nitrogens with zero attached hydrogens (tertiary/aromatic N) is 5. The molecule has 5 rings (SSSR count). The van der Waals surface area contributed by atoms with Gasteiger partial charge in [-0.05, 0) is 31.2 Å². The molecular weight excluding hydrogens is 410 g/mol. The predicted octanol–water partition coefficient (Wildman–Crippen LogP) is 4.36. The van der Waals surface area contributed by atoms with Gasteiger partial charge in [0.2, 0.25) is 11.8 Å². The maximum absolute atomic E-state index is 5.68. The van der Waals surface area contributed by atoms with Gasteiger partial charge in [-0.2, -0.15) is 0 Å². The summed E-state index contributed by atoms with van der Waals surface area (Å²) in [5.41, 5.74) is 4.10. The lowest BCUT2D eigenvalue weighted by Gasteiger charge is -2.27. The minimum absolute atomic E-state index is 0.630. The maximum Gasteiger partial charge on any atom is 0.232 e. The van der Waals surface area contributed by atoms with E-state index in [1.165, 1.54) is 5.56 Å². The first-order valence-corrected chi connectivity index (χ1v) is 11.2. The van der Waals surface area contributed by atoms with Gasteiger partial charge in [-0.25, -0.2) is 4.98 Å². The van der Waals surface area contributed by atoms with Crippen LogP contribution < -0.4 is 4.90 Å². The molecule has 1 fully saturated rings. The molecule has 2 aromatic carbocycles. The second-order valence-electron chi connectivity index (χ2n) is 7.35. The minimum Gasteiger partial charge on any atom is -0.444 e. The van der Waals surface area contributed by atoms with E-state index >= 15 is 0 Å². The smallest absolute Gasteiger partial charge is 0.232 e. The summed E-state index contributed by atoms with van der Waals surface area (Å²) in [6.45, 7) is 5.09. The van der Waals surface area contributed by atoms with Crippen molar-refractivity contribution in [2.75, 3.05) is 31.2 Å². The van der Waals surface area contributed by atoms with Crippen molar-refractivity contribution in [3.63, 3.8) is 0 Å². The number of anilines is 1. The average Bonchev–Trinajstić information content (AvgIpc) is 3.47. The van der Waals surface area contributed by atoms with E-state index in [0.29, 0.717) is 24.9 Å². The zero-order valence-corrected chi connectivity index (χ0v) is 18.1. The number of aryl methyl sites for hydroxylation is 1. The molecule has 158 valence electrons. The van der Waals surface area contributed by atoms with Crippen molar-refractivity contribution in [3.05, 3.63) is 72.1 Å². The van der Waals surface area contributed by atoms with Gasteiger partial charge in [0.15, 0.2) is 5.16 Å². The molecule has 0 N–H and O–H groups in total. The molecule has 0 bridgehead atoms. The van der Waals surface area contributed by atoms with Crippen LogP contribution in [0.5, 0.6) is 0 Å². The predicted molar refractivity (Wildman–Crippen MR) is 121 cm³/mol. The lowest BCUT2D eigenvalue weighted by molar-refractivity contribution is 0.122. The van der Waals surface area contributed by atoms with E-state index in [1.807, 2.05) is 30.3 Å². The van der Waals surface area contributed by atoms with Crippen LogP contribution in [0, 0.1) is 6.92 Å². The van der Waals surface area contributed by atoms with Crippen LogP contribution >= 0.6 is 11.8 Å². The van der Waals surface area contributed by atoms with E-state index in [-0.39, 0.29) is 0 Å². The first-order chi connectivity index (χ1) is 15.3. The van der Waals surface area contributed by atoms with E-state index in [1.54, 1.807) is 18.0 Å². The third-order valence-electron chi connectivity index (χ3n) is 5.12. The van der Waals surface area contributed by atoms with E-state index in [9.17, 15) is 0 Å². The van der Waals surface area contributed by atoms with Crippen LogP contribution in [0.4, 0.5) is 5.95 Å². The molecule has 0 saturated carbocycles. The van der Waals surface area contributed by atoms with Crippen molar-refractivity contribution in [1.82, 2.24) is 19.7 Å². The van der Waals surface area contributed by atoms with Crippen molar-refractivity contribution >= 4 is 17.7 Å². The van der Waals surface area contributed by atoms with Crippen LogP contribution in [-0.2, 0) is 10.5 Å². The van der Waals surface area contributed by atoms with Gasteiger partial charge in [0.1, 0.15) is 6.26 Å². The minimum atomic E-state index is 0.630. The zero-order valence-electron chi connectivity index (χ0n) is 17.3. The molecular formula is C23H23N5O2S. The molecule has 0 aliphatic carbocycles. The highest BCUT2D eigenvalue weighted by atomic mass is 32.2. The average molecular weight is 434 g/mol. The SMILES string of the molecule is Cc1ccc(-n2c(SCc3coc(-c4ccccc4)n3)nnc2N2CCOCC2)cc1. The summed E-state index contributed by atoms with van der Waals surface area (Å²) in [5, 5.41) is 9.86. The lowest BCUT2D eigenvalue weighted by atomic mass is 10.2. The molecule has 7 nitrogen and oxygen atoms in total. The van der Waals surface area contributed by atoms with Crippen molar-refractivity contribution in [3.8, 4) is 17.1 Å². The largest absolute Gasteiger partial charge is 0.444 e. The van der Waals surface area contributed by atoms with Gasteiger partial charge in [-0.3, -0.25) is 4.57 Å². The van der Waals surface area contributed by atoms with Crippen molar-refractivity contribution < 1.29 is 9.15 Å². The molecule has 0 spiro atoms. The number of aromatic nitrogens is 4. The van der Waals surface area contributed by atoms with Crippen LogP contribution in [0.1, 0.15) is 11.3 Å². The van der Waals surface area contributed by atoms with E-state index in [4.69, 9.17) is 9.15 Å². The first kappa shape index (κ1) is 19.8. The van der Waals surface area contributed by atoms with Crippen LogP contribution in [0.25, 0.3) is 17.1 Å². The summed E-state index contributed by atoms with van der Waals surface area (Å²) in [6, 6.07) is 18.3. The number of rotatable bonds is 6. The van der Waals surface area contributed by atoms with Crippen molar-refractivity contribution in [2.24, 2.45) is 0 Å². The molecule has 1 saturated heterocycles. The molecule has 0 unspecified atom stereocenters. The Labute approximate surface area is 185 Å². The van der Waals surface area contributed by atoms with Gasteiger partial charge in [-0.1, -0.05) is 47.7 Å². The Morgan fingerprint density at radius 1 is 0.968 bits per heavy atom. The molecule has 31 heavy (non-hydrogen) atoms. The van der Waals surface area contributed by atoms with Gasteiger partial charge in [0.25, 0.3) is 0 Å². The highest BCUT2D eigenvalue weighted by molar-refractivity contribution is 7.98. The quantitative estimate of drug-likeness (QED) is 0.419. The van der Waals surface area contributed by atoms with E-state index in [2.05, 4.69) is 55.8 Å². The molecule has 1 aliphatic heterocycles. The van der Waals surface area contributed by atoms with Crippen molar-refractivity contribution in [2.45, 2.75) is 17.8 Å². The van der Waals surface area contributed by atoms with Crippen molar-refractivity contribution in [1.29, 1.82) is 0 Å². The Balaban J connectivity index is 1.40. The number of benzene rings is 2. The Kier molecular flexibility index (Phi) is 5.73. The fourth-order valence-corrected chi connectivity index (χ4v) is 4.29. The third kappa shape index (κ3) is 4.35. The molecule has 0 atom stereocenters. The van der Waals surface area contributed by atoms with Gasteiger partial charge in [0, 0.05) is 24.4 Å². The van der Waals surface area contributed by atoms with Crippen LogP contribution in [0.2, 0.25) is 0 Å². The standard InChI is InChI=1S/C23H23N5O2S/c1-17-7-9-20(10-8-17)28-22(27-11-13-29-14-12-27)25-26-23(28)31-16-19-15-30-21(24-19)18-5-3-2-4-6-18/h2-10,15H,11-14,16H2,1H3. The number of oxazole rings is 1. The third-order valence-corrected chi connectivity index (χ3v) is 6.09. The van der Waals surface area contributed by atoms with Gasteiger partial charge in [0.05, 0.1) is 24.6 Å². The molecule has 3 heterocycles. The Hall–Kier alpha value is -3.10. The number of hydrogen-bond donors (Lipinski definition) is 0. The Morgan fingerprint density at radius 3 is 2.52 bits per heavy atom. The maximum atomic E-state index is 5.68. The van der Waals surface area contributed by atoms with Crippen LogP contribution in [0.3, 0.4) is 0 Å². The second kappa shape index (κ2) is 8.95. The molecule has 4 aromatic rings. The number of hydrogen-bond acceptors (Lipinski definition) is 7. The number of morpholine rings is 1. The van der Waals surface area contributed by atoms with E-state index in [0.717, 1.165) is 41.1 Å². The monoisotopic (exact) mass is 433 g/mol. The molecule has 1 aliphatic rings. The van der Waals surface area contributed by atoms with Crippen LogP contribution in [-0.4, -0.2) is 46.1 Å². The summed E-state index contributed by atoms with van der Waals surface area (Å²) in [4.78, 5) is 6.86. The topological polar surface area (TPSA) is 69.2 Å². The summed E-state index contributed by atoms with van der Waals surface area (Å²) >= 11 is 1.60. The molecule has 0 radical (unpaired) electrons. The number of ether oxygens (including phenoxy) is 1. The Bertz CT molecular complexity index is 1130. The van der Waals surface area contributed by atoms with Crippen LogP contribution in [0.15, 0.2) is 70.4 Å². The zero-order chi connectivity index (χ0) is 21.0. The second-order valence-corrected chi connectivity index (χ2v) is 8.29. The lowest BCUT2D eigenvalue weighted by Crippen LogP contribution is -2.37. The normalized spacial score (nSPS) is 14.2. The molecule has 8 heteroatoms. The summed E-state index contributed by atoms with van der Waals surface area (Å²) in [6.07, 6.45) is 1.71. The molecule has 2 aromatic heterocycles. The fraction of sp³-hybridized carbons (Fsp3) is 0.261. The summed E-state index contributed by atoms with van der Waals surface area (Å²) in [5.74, 6) is 2.12. The van der Waals surface area contributed by atoms with Gasteiger partial charge in [-0.15, -0.1) is 10.2 Å². The highest BCUT2D eigenvalue weighted by Gasteiger charge is 2.22. The van der Waals surface area contributed by atoms with E-state index < -0.39 is 0 Å². The van der Waals surface area contributed by atoms with Gasteiger partial charge < -0.3 is 14.1 Å². The molecule has 0 amide bonds. The fourth-order valence-electron chi connectivity index (χ4n) is 3.47. The summed E-state index contributed by atoms with van der Waals surface area (Å²) in [7, 11) is 0. The van der Waals surface area contributed by atoms with Gasteiger partial charge >= 0.3 is 0 Å². The summed E-state index contributed by atoms with van der Waals surface area (Å²) < 4.78 is 13.3. The first-order valence-electron chi connectivity index (χ1n) is 10.3. The Morgan fingerprint density at radius 2 is 1.74 bits per heavy atom. The highest BCUT2D eigenvalue weighted by Crippen LogP contribution is 2.30. The number of thioether (sulfide) groups is 1.